The van der Waals surface area contributed by atoms with Crippen LogP contribution in [0, 0.1) is 5.95 Å². The Balaban J connectivity index is 2.56. The van der Waals surface area contributed by atoms with E-state index in [1.807, 2.05) is 0 Å². The minimum Gasteiger partial charge on any atom is -0.340 e. The third-order valence-corrected chi connectivity index (χ3v) is 2.38. The van der Waals surface area contributed by atoms with Crippen molar-refractivity contribution in [3.05, 3.63) is 29.8 Å². The molecule has 0 fully saturated rings. The van der Waals surface area contributed by atoms with Crippen molar-refractivity contribution in [1.29, 1.82) is 0 Å². The molecular weight excluding hydrogens is 207 g/mol. The molecule has 0 bridgehead atoms. The number of rotatable bonds is 5. The summed E-state index contributed by atoms with van der Waals surface area (Å²) in [5, 5.41) is 0. The fourth-order valence-corrected chi connectivity index (χ4v) is 1.42. The zero-order valence-electron chi connectivity index (χ0n) is 9.74. The van der Waals surface area contributed by atoms with Crippen molar-refractivity contribution in [2.75, 3.05) is 13.6 Å². The molecule has 3 nitrogen and oxygen atoms in total. The second-order valence-corrected chi connectivity index (χ2v) is 3.78. The van der Waals surface area contributed by atoms with Gasteiger partial charge in [0.25, 0.3) is 5.91 Å². The van der Waals surface area contributed by atoms with Gasteiger partial charge in [0.2, 0.25) is 5.95 Å². The van der Waals surface area contributed by atoms with Crippen molar-refractivity contribution in [3.8, 4) is 0 Å². The molecule has 0 atom stereocenters. The zero-order chi connectivity index (χ0) is 12.0. The van der Waals surface area contributed by atoms with Gasteiger partial charge in [0.05, 0.1) is 0 Å². The first-order valence-electron chi connectivity index (χ1n) is 5.53. The van der Waals surface area contributed by atoms with Crippen molar-refractivity contribution in [2.24, 2.45) is 0 Å². The quantitative estimate of drug-likeness (QED) is 0.568. The van der Waals surface area contributed by atoms with Crippen LogP contribution < -0.4 is 0 Å². The summed E-state index contributed by atoms with van der Waals surface area (Å²) in [6.07, 6.45) is 3.17. The van der Waals surface area contributed by atoms with E-state index in [1.165, 1.54) is 18.2 Å². The van der Waals surface area contributed by atoms with Crippen molar-refractivity contribution < 1.29 is 9.18 Å². The van der Waals surface area contributed by atoms with Crippen LogP contribution in [0.1, 0.15) is 36.7 Å². The molecule has 1 amide bonds. The monoisotopic (exact) mass is 224 g/mol. The van der Waals surface area contributed by atoms with Gasteiger partial charge < -0.3 is 4.90 Å². The second-order valence-electron chi connectivity index (χ2n) is 3.78. The molecule has 0 saturated heterocycles. The van der Waals surface area contributed by atoms with Gasteiger partial charge in [-0.2, -0.15) is 4.39 Å². The van der Waals surface area contributed by atoms with E-state index >= 15 is 0 Å². The number of hydrogen-bond donors (Lipinski definition) is 0. The van der Waals surface area contributed by atoms with E-state index in [1.54, 1.807) is 11.9 Å². The maximum absolute atomic E-state index is 12.8. The lowest BCUT2D eigenvalue weighted by molar-refractivity contribution is 0.0785. The first kappa shape index (κ1) is 12.6. The van der Waals surface area contributed by atoms with Crippen LogP contribution in [0.2, 0.25) is 0 Å². The molecule has 1 rings (SSSR count). The maximum atomic E-state index is 12.8. The Bertz CT molecular complexity index is 355. The summed E-state index contributed by atoms with van der Waals surface area (Å²) in [4.78, 5) is 16.9. The highest BCUT2D eigenvalue weighted by Gasteiger charge is 2.12. The average molecular weight is 224 g/mol. The molecule has 0 aliphatic rings. The standard InChI is InChI=1S/C12H17FN2O/c1-3-4-5-9-15(2)12(16)10-7-6-8-11(13)14-10/h6-8H,3-5,9H2,1-2H3. The minimum absolute atomic E-state index is 0.166. The summed E-state index contributed by atoms with van der Waals surface area (Å²) < 4.78 is 12.8. The number of unbranched alkanes of at least 4 members (excludes halogenated alkanes) is 2. The Morgan fingerprint density at radius 1 is 1.44 bits per heavy atom. The molecule has 0 unspecified atom stereocenters. The lowest BCUT2D eigenvalue weighted by Gasteiger charge is -2.16. The highest BCUT2D eigenvalue weighted by molar-refractivity contribution is 5.92. The molecule has 0 N–H and O–H groups in total. The van der Waals surface area contributed by atoms with Crippen LogP contribution in [-0.4, -0.2) is 29.4 Å². The van der Waals surface area contributed by atoms with Gasteiger partial charge in [-0.1, -0.05) is 25.8 Å². The highest BCUT2D eigenvalue weighted by atomic mass is 19.1. The lowest BCUT2D eigenvalue weighted by Crippen LogP contribution is -2.28. The van der Waals surface area contributed by atoms with Crippen molar-refractivity contribution in [1.82, 2.24) is 9.88 Å². The Hall–Kier alpha value is -1.45. The normalized spacial score (nSPS) is 10.2. The number of carbonyl (C=O) groups is 1. The average Bonchev–Trinajstić information content (AvgIpc) is 2.28. The number of amides is 1. The topological polar surface area (TPSA) is 33.2 Å². The van der Waals surface area contributed by atoms with Gasteiger partial charge >= 0.3 is 0 Å². The highest BCUT2D eigenvalue weighted by Crippen LogP contribution is 2.04. The van der Waals surface area contributed by atoms with Gasteiger partial charge in [-0.25, -0.2) is 4.98 Å². The van der Waals surface area contributed by atoms with Gasteiger partial charge in [-0.05, 0) is 18.6 Å². The Kier molecular flexibility index (Phi) is 4.89. The third-order valence-electron chi connectivity index (χ3n) is 2.38. The van der Waals surface area contributed by atoms with Crippen molar-refractivity contribution >= 4 is 5.91 Å². The Morgan fingerprint density at radius 3 is 2.81 bits per heavy atom. The molecule has 4 heteroatoms. The van der Waals surface area contributed by atoms with Gasteiger partial charge in [0.15, 0.2) is 0 Å². The fraction of sp³-hybridized carbons (Fsp3) is 0.500. The fourth-order valence-electron chi connectivity index (χ4n) is 1.42. The van der Waals surface area contributed by atoms with Crippen LogP contribution in [0.4, 0.5) is 4.39 Å². The van der Waals surface area contributed by atoms with Gasteiger partial charge in [-0.3, -0.25) is 4.79 Å². The van der Waals surface area contributed by atoms with Crippen molar-refractivity contribution in [3.63, 3.8) is 0 Å². The van der Waals surface area contributed by atoms with E-state index in [-0.39, 0.29) is 11.6 Å². The van der Waals surface area contributed by atoms with Crippen LogP contribution in [-0.2, 0) is 0 Å². The van der Waals surface area contributed by atoms with E-state index in [4.69, 9.17) is 0 Å². The van der Waals surface area contributed by atoms with Crippen LogP contribution in [0.25, 0.3) is 0 Å². The second kappa shape index (κ2) is 6.20. The molecule has 0 saturated carbocycles. The number of hydrogen-bond acceptors (Lipinski definition) is 2. The maximum Gasteiger partial charge on any atom is 0.272 e. The summed E-state index contributed by atoms with van der Waals surface area (Å²) in [5.41, 5.74) is 0.166. The van der Waals surface area contributed by atoms with E-state index in [2.05, 4.69) is 11.9 Å². The Labute approximate surface area is 95.3 Å². The molecule has 0 aliphatic heterocycles. The predicted molar refractivity (Wildman–Crippen MR) is 60.7 cm³/mol. The smallest absolute Gasteiger partial charge is 0.272 e. The van der Waals surface area contributed by atoms with E-state index < -0.39 is 5.95 Å². The molecule has 16 heavy (non-hydrogen) atoms. The number of aromatic nitrogens is 1. The first-order chi connectivity index (χ1) is 7.65. The predicted octanol–water partition coefficient (Wildman–Crippen LogP) is 2.48. The van der Waals surface area contributed by atoms with Crippen molar-refractivity contribution in [2.45, 2.75) is 26.2 Å². The largest absolute Gasteiger partial charge is 0.340 e. The summed E-state index contributed by atoms with van der Waals surface area (Å²) in [7, 11) is 1.71. The van der Waals surface area contributed by atoms with Gasteiger partial charge in [0, 0.05) is 13.6 Å². The SMILES string of the molecule is CCCCCN(C)C(=O)c1cccc(F)n1. The molecule has 0 spiro atoms. The number of halogens is 1. The third kappa shape index (κ3) is 3.61. The minimum atomic E-state index is -0.618. The van der Waals surface area contributed by atoms with Crippen LogP contribution in [0.5, 0.6) is 0 Å². The van der Waals surface area contributed by atoms with E-state index in [9.17, 15) is 9.18 Å². The Morgan fingerprint density at radius 2 is 2.19 bits per heavy atom. The van der Waals surface area contributed by atoms with E-state index in [0.29, 0.717) is 6.54 Å². The molecule has 1 aromatic rings. The van der Waals surface area contributed by atoms with Gasteiger partial charge in [0.1, 0.15) is 5.69 Å². The van der Waals surface area contributed by atoms with Crippen LogP contribution in [0.15, 0.2) is 18.2 Å². The molecule has 0 aliphatic carbocycles. The van der Waals surface area contributed by atoms with E-state index in [0.717, 1.165) is 19.3 Å². The first-order valence-corrected chi connectivity index (χ1v) is 5.53. The molecule has 1 aromatic heterocycles. The van der Waals surface area contributed by atoms with Crippen LogP contribution in [0.3, 0.4) is 0 Å². The summed E-state index contributed by atoms with van der Waals surface area (Å²) in [6.45, 7) is 2.79. The summed E-state index contributed by atoms with van der Waals surface area (Å²) in [6, 6.07) is 4.26. The zero-order valence-corrected chi connectivity index (χ0v) is 9.74. The molecule has 88 valence electrons. The number of carbonyl (C=O) groups excluding carboxylic acids is 1. The van der Waals surface area contributed by atoms with Crippen LogP contribution >= 0.6 is 0 Å². The molecule has 0 radical (unpaired) electrons. The molecule has 1 heterocycles. The number of pyridine rings is 1. The summed E-state index contributed by atoms with van der Waals surface area (Å²) >= 11 is 0. The molecule has 0 aromatic carbocycles. The summed E-state index contributed by atoms with van der Waals surface area (Å²) in [5.74, 6) is -0.844. The van der Waals surface area contributed by atoms with Gasteiger partial charge in [-0.15, -0.1) is 0 Å². The molecular formula is C12H17FN2O. The number of nitrogens with zero attached hydrogens (tertiary/aromatic N) is 2. The lowest BCUT2D eigenvalue weighted by atomic mass is 10.2.